The van der Waals surface area contributed by atoms with E-state index in [9.17, 15) is 9.18 Å². The van der Waals surface area contributed by atoms with Gasteiger partial charge in [0, 0.05) is 43.7 Å². The van der Waals surface area contributed by atoms with E-state index in [0.29, 0.717) is 36.1 Å². The lowest BCUT2D eigenvalue weighted by atomic mass is 9.94. The molecule has 4 rings (SSSR count). The van der Waals surface area contributed by atoms with E-state index in [-0.39, 0.29) is 17.6 Å². The monoisotopic (exact) mass is 378 g/mol. The number of likely N-dealkylation sites (tertiary alicyclic amines) is 1. The molecule has 0 spiro atoms. The fraction of sp³-hybridized carbons (Fsp3) is 0.238. The van der Waals surface area contributed by atoms with E-state index in [4.69, 9.17) is 4.74 Å². The number of piperidine rings is 1. The third-order valence-corrected chi connectivity index (χ3v) is 4.68. The van der Waals surface area contributed by atoms with Crippen molar-refractivity contribution in [1.29, 1.82) is 0 Å². The standard InChI is InChI=1S/C21H19FN4O2/c22-16-6-3-7-17(13-16)28-20-19(24-10-11-25-20)15-5-4-12-26(14-15)21(27)18-8-1-2-9-23-18/h1-3,6-11,13,15H,4-5,12,14H2/t15-/m0/s1. The number of rotatable bonds is 4. The summed E-state index contributed by atoms with van der Waals surface area (Å²) in [6, 6.07) is 11.2. The minimum Gasteiger partial charge on any atom is -0.437 e. The zero-order valence-electron chi connectivity index (χ0n) is 15.2. The number of aromatic nitrogens is 3. The number of halogens is 1. The first kappa shape index (κ1) is 18.0. The first-order valence-corrected chi connectivity index (χ1v) is 9.15. The molecule has 1 atom stereocenters. The zero-order valence-corrected chi connectivity index (χ0v) is 15.2. The molecule has 7 heteroatoms. The molecule has 1 aromatic carbocycles. The summed E-state index contributed by atoms with van der Waals surface area (Å²) in [6.07, 6.45) is 6.47. The van der Waals surface area contributed by atoms with Gasteiger partial charge in [-0.2, -0.15) is 0 Å². The summed E-state index contributed by atoms with van der Waals surface area (Å²) >= 11 is 0. The van der Waals surface area contributed by atoms with Crippen molar-refractivity contribution in [2.75, 3.05) is 13.1 Å². The molecule has 0 saturated carbocycles. The van der Waals surface area contributed by atoms with Gasteiger partial charge in [-0.15, -0.1) is 0 Å². The lowest BCUT2D eigenvalue weighted by Gasteiger charge is -2.32. The van der Waals surface area contributed by atoms with Gasteiger partial charge in [0.1, 0.15) is 23.0 Å². The van der Waals surface area contributed by atoms with Crippen LogP contribution in [-0.2, 0) is 0 Å². The van der Waals surface area contributed by atoms with Crippen molar-refractivity contribution in [3.05, 3.63) is 78.3 Å². The average Bonchev–Trinajstić information content (AvgIpc) is 2.74. The van der Waals surface area contributed by atoms with Gasteiger partial charge in [0.25, 0.3) is 5.91 Å². The molecule has 3 heterocycles. The largest absolute Gasteiger partial charge is 0.437 e. The molecule has 0 aliphatic carbocycles. The van der Waals surface area contributed by atoms with E-state index < -0.39 is 0 Å². The van der Waals surface area contributed by atoms with Gasteiger partial charge in [-0.25, -0.2) is 9.37 Å². The minimum absolute atomic E-state index is 0.0151. The van der Waals surface area contributed by atoms with E-state index in [1.54, 1.807) is 47.6 Å². The highest BCUT2D eigenvalue weighted by Gasteiger charge is 2.29. The number of hydrogen-bond acceptors (Lipinski definition) is 5. The maximum absolute atomic E-state index is 13.5. The molecule has 142 valence electrons. The highest BCUT2D eigenvalue weighted by atomic mass is 19.1. The molecule has 0 radical (unpaired) electrons. The molecule has 0 N–H and O–H groups in total. The topological polar surface area (TPSA) is 68.2 Å². The number of ether oxygens (including phenoxy) is 1. The van der Waals surface area contributed by atoms with Crippen LogP contribution in [0.4, 0.5) is 4.39 Å². The molecular weight excluding hydrogens is 359 g/mol. The molecule has 1 aliphatic heterocycles. The normalized spacial score (nSPS) is 16.6. The van der Waals surface area contributed by atoms with Gasteiger partial charge in [-0.05, 0) is 37.1 Å². The Balaban J connectivity index is 1.55. The van der Waals surface area contributed by atoms with E-state index >= 15 is 0 Å². The predicted octanol–water partition coefficient (Wildman–Crippen LogP) is 3.82. The summed E-state index contributed by atoms with van der Waals surface area (Å²) in [5, 5.41) is 0. The third-order valence-electron chi connectivity index (χ3n) is 4.68. The maximum Gasteiger partial charge on any atom is 0.272 e. The van der Waals surface area contributed by atoms with Crippen molar-refractivity contribution in [3.8, 4) is 11.6 Å². The van der Waals surface area contributed by atoms with Crippen LogP contribution < -0.4 is 4.74 Å². The molecule has 0 unspecified atom stereocenters. The number of carbonyl (C=O) groups excluding carboxylic acids is 1. The maximum atomic E-state index is 13.5. The van der Waals surface area contributed by atoms with Crippen molar-refractivity contribution in [1.82, 2.24) is 19.9 Å². The van der Waals surface area contributed by atoms with Crippen molar-refractivity contribution < 1.29 is 13.9 Å². The molecule has 1 aliphatic rings. The van der Waals surface area contributed by atoms with Crippen molar-refractivity contribution in [2.24, 2.45) is 0 Å². The molecule has 1 saturated heterocycles. The van der Waals surface area contributed by atoms with Gasteiger partial charge < -0.3 is 9.64 Å². The van der Waals surface area contributed by atoms with Crippen LogP contribution in [0.1, 0.15) is 34.9 Å². The second kappa shape index (κ2) is 8.12. The molecule has 1 amide bonds. The Kier molecular flexibility index (Phi) is 5.23. The van der Waals surface area contributed by atoms with E-state index in [0.717, 1.165) is 12.8 Å². The molecule has 6 nitrogen and oxygen atoms in total. The van der Waals surface area contributed by atoms with Gasteiger partial charge in [-0.1, -0.05) is 12.1 Å². The van der Waals surface area contributed by atoms with Crippen molar-refractivity contribution in [3.63, 3.8) is 0 Å². The first-order valence-electron chi connectivity index (χ1n) is 9.15. The smallest absolute Gasteiger partial charge is 0.272 e. The van der Waals surface area contributed by atoms with E-state index in [1.807, 2.05) is 0 Å². The van der Waals surface area contributed by atoms with Crippen LogP contribution in [0.5, 0.6) is 11.6 Å². The lowest BCUT2D eigenvalue weighted by molar-refractivity contribution is 0.0699. The molecule has 0 bridgehead atoms. The zero-order chi connectivity index (χ0) is 19.3. The summed E-state index contributed by atoms with van der Waals surface area (Å²) in [4.78, 5) is 27.4. The number of nitrogens with zero attached hydrogens (tertiary/aromatic N) is 4. The fourth-order valence-electron chi connectivity index (χ4n) is 3.37. The van der Waals surface area contributed by atoms with Gasteiger partial charge >= 0.3 is 0 Å². The number of hydrogen-bond donors (Lipinski definition) is 0. The number of pyridine rings is 1. The van der Waals surface area contributed by atoms with Crippen LogP contribution in [0.2, 0.25) is 0 Å². The summed E-state index contributed by atoms with van der Waals surface area (Å²) in [5.41, 5.74) is 1.10. The first-order chi connectivity index (χ1) is 13.7. The highest BCUT2D eigenvalue weighted by Crippen LogP contribution is 2.33. The molecule has 1 fully saturated rings. The van der Waals surface area contributed by atoms with Crippen LogP contribution in [0.25, 0.3) is 0 Å². The Morgan fingerprint density at radius 3 is 2.79 bits per heavy atom. The number of carbonyl (C=O) groups is 1. The van der Waals surface area contributed by atoms with Crippen LogP contribution in [0.3, 0.4) is 0 Å². The van der Waals surface area contributed by atoms with Crippen molar-refractivity contribution in [2.45, 2.75) is 18.8 Å². The van der Waals surface area contributed by atoms with Gasteiger partial charge in [0.05, 0.1) is 0 Å². The Bertz CT molecular complexity index is 967. The molecule has 3 aromatic rings. The van der Waals surface area contributed by atoms with Crippen LogP contribution in [0.15, 0.2) is 61.1 Å². The second-order valence-corrected chi connectivity index (χ2v) is 6.61. The van der Waals surface area contributed by atoms with Crippen LogP contribution in [0, 0.1) is 5.82 Å². The van der Waals surface area contributed by atoms with Crippen LogP contribution >= 0.6 is 0 Å². The third kappa shape index (κ3) is 3.98. The Hall–Kier alpha value is -3.35. The lowest BCUT2D eigenvalue weighted by Crippen LogP contribution is -2.39. The fourth-order valence-corrected chi connectivity index (χ4v) is 3.37. The summed E-state index contributed by atoms with van der Waals surface area (Å²) < 4.78 is 19.3. The molecule has 2 aromatic heterocycles. The Morgan fingerprint density at radius 1 is 1.07 bits per heavy atom. The SMILES string of the molecule is O=C(c1ccccn1)N1CCC[C@H](c2nccnc2Oc2cccc(F)c2)C1. The summed E-state index contributed by atoms with van der Waals surface area (Å²) in [7, 11) is 0. The highest BCUT2D eigenvalue weighted by molar-refractivity contribution is 5.92. The van der Waals surface area contributed by atoms with E-state index in [1.165, 1.54) is 18.3 Å². The number of benzene rings is 1. The Morgan fingerprint density at radius 2 is 1.96 bits per heavy atom. The quantitative estimate of drug-likeness (QED) is 0.690. The summed E-state index contributed by atoms with van der Waals surface area (Å²) in [5.74, 6) is 0.206. The van der Waals surface area contributed by atoms with Gasteiger partial charge in [-0.3, -0.25) is 14.8 Å². The average molecular weight is 378 g/mol. The van der Waals surface area contributed by atoms with Gasteiger partial charge in [0.15, 0.2) is 0 Å². The predicted molar refractivity (Wildman–Crippen MR) is 101 cm³/mol. The van der Waals surface area contributed by atoms with Crippen molar-refractivity contribution >= 4 is 5.91 Å². The molecule has 28 heavy (non-hydrogen) atoms. The van der Waals surface area contributed by atoms with E-state index in [2.05, 4.69) is 15.0 Å². The summed E-state index contributed by atoms with van der Waals surface area (Å²) in [6.45, 7) is 1.18. The molecular formula is C21H19FN4O2. The van der Waals surface area contributed by atoms with Crippen LogP contribution in [-0.4, -0.2) is 38.8 Å². The van der Waals surface area contributed by atoms with Gasteiger partial charge in [0.2, 0.25) is 5.88 Å². The Labute approximate surface area is 162 Å². The second-order valence-electron chi connectivity index (χ2n) is 6.61. The number of amides is 1. The minimum atomic E-state index is -0.382.